The van der Waals surface area contributed by atoms with E-state index in [1.165, 1.54) is 17.7 Å². The van der Waals surface area contributed by atoms with Crippen LogP contribution in [0.1, 0.15) is 32.8 Å². The fraction of sp³-hybridized carbons (Fsp3) is 0.625. The molecule has 0 bridgehead atoms. The fourth-order valence-corrected chi connectivity index (χ4v) is 2.66. The second kappa shape index (κ2) is 8.18. The average Bonchev–Trinajstić information content (AvgIpc) is 2.34. The molecule has 1 aromatic carbocycles. The van der Waals surface area contributed by atoms with Crippen LogP contribution in [0.3, 0.4) is 0 Å². The first-order valence-corrected chi connectivity index (χ1v) is 8.66. The van der Waals surface area contributed by atoms with Gasteiger partial charge in [0.2, 0.25) is 0 Å². The van der Waals surface area contributed by atoms with E-state index in [1.807, 2.05) is 23.9 Å². The molecule has 1 rings (SSSR count). The molecule has 108 valence electrons. The molecule has 0 aliphatic carbocycles. The van der Waals surface area contributed by atoms with Crippen molar-refractivity contribution < 1.29 is 0 Å². The maximum absolute atomic E-state index is 5.94. The minimum absolute atomic E-state index is 0.192. The third-order valence-corrected chi connectivity index (χ3v) is 3.98. The number of hydrogen-bond donors (Lipinski definition) is 1. The van der Waals surface area contributed by atoms with Gasteiger partial charge in [0.1, 0.15) is 0 Å². The highest BCUT2D eigenvalue weighted by molar-refractivity contribution is 7.98. The molecule has 3 heteroatoms. The van der Waals surface area contributed by atoms with Gasteiger partial charge in [-0.15, -0.1) is 0 Å². The van der Waals surface area contributed by atoms with Crippen molar-refractivity contribution in [1.29, 1.82) is 0 Å². The van der Waals surface area contributed by atoms with E-state index in [0.717, 1.165) is 18.0 Å². The zero-order valence-corrected chi connectivity index (χ0v) is 14.1. The van der Waals surface area contributed by atoms with Gasteiger partial charge in [0, 0.05) is 10.6 Å². The van der Waals surface area contributed by atoms with Crippen LogP contribution in [0.15, 0.2) is 24.3 Å². The van der Waals surface area contributed by atoms with E-state index in [-0.39, 0.29) is 5.54 Å². The van der Waals surface area contributed by atoms with Crippen LogP contribution in [0.2, 0.25) is 5.02 Å². The molecule has 1 atom stereocenters. The summed E-state index contributed by atoms with van der Waals surface area (Å²) in [6.07, 6.45) is 4.56. The predicted molar refractivity (Wildman–Crippen MR) is 89.4 cm³/mol. The first-order valence-electron chi connectivity index (χ1n) is 6.89. The summed E-state index contributed by atoms with van der Waals surface area (Å²) in [5.74, 6) is 1.91. The summed E-state index contributed by atoms with van der Waals surface area (Å²) < 4.78 is 0. The lowest BCUT2D eigenvalue weighted by atomic mass is 9.95. The van der Waals surface area contributed by atoms with Crippen molar-refractivity contribution in [2.45, 2.75) is 39.2 Å². The summed E-state index contributed by atoms with van der Waals surface area (Å²) in [7, 11) is 0. The molecule has 0 radical (unpaired) electrons. The molecule has 0 aliphatic rings. The maximum atomic E-state index is 5.94. The monoisotopic (exact) mass is 299 g/mol. The summed E-state index contributed by atoms with van der Waals surface area (Å²) in [6, 6.07) is 8.26. The number of hydrogen-bond acceptors (Lipinski definition) is 2. The van der Waals surface area contributed by atoms with Gasteiger partial charge in [0.15, 0.2) is 0 Å². The van der Waals surface area contributed by atoms with Crippen LogP contribution in [0.4, 0.5) is 0 Å². The molecule has 1 nitrogen and oxygen atoms in total. The average molecular weight is 300 g/mol. The second-order valence-electron chi connectivity index (χ2n) is 6.11. The van der Waals surface area contributed by atoms with Crippen molar-refractivity contribution in [3.05, 3.63) is 34.9 Å². The number of benzene rings is 1. The normalized spacial score (nSPS) is 13.5. The van der Waals surface area contributed by atoms with Crippen LogP contribution < -0.4 is 5.32 Å². The Morgan fingerprint density at radius 3 is 2.37 bits per heavy atom. The smallest absolute Gasteiger partial charge is 0.0406 e. The lowest BCUT2D eigenvalue weighted by Gasteiger charge is -2.25. The second-order valence-corrected chi connectivity index (χ2v) is 7.53. The Hall–Kier alpha value is -0.180. The lowest BCUT2D eigenvalue weighted by molar-refractivity contribution is 0.364. The van der Waals surface area contributed by atoms with Gasteiger partial charge in [0.25, 0.3) is 0 Å². The maximum Gasteiger partial charge on any atom is 0.0406 e. The lowest BCUT2D eigenvalue weighted by Crippen LogP contribution is -2.39. The van der Waals surface area contributed by atoms with E-state index in [2.05, 4.69) is 44.5 Å². The van der Waals surface area contributed by atoms with E-state index >= 15 is 0 Å². The Kier molecular flexibility index (Phi) is 7.27. The van der Waals surface area contributed by atoms with Gasteiger partial charge >= 0.3 is 0 Å². The minimum Gasteiger partial charge on any atom is -0.312 e. The molecule has 0 heterocycles. The van der Waals surface area contributed by atoms with Crippen LogP contribution >= 0.6 is 23.4 Å². The van der Waals surface area contributed by atoms with Gasteiger partial charge in [-0.05, 0) is 75.8 Å². The summed E-state index contributed by atoms with van der Waals surface area (Å²) in [4.78, 5) is 0. The van der Waals surface area contributed by atoms with Crippen molar-refractivity contribution in [3.63, 3.8) is 0 Å². The van der Waals surface area contributed by atoms with Gasteiger partial charge in [-0.2, -0.15) is 11.8 Å². The van der Waals surface area contributed by atoms with Crippen LogP contribution in [0.25, 0.3) is 0 Å². The molecular formula is C16H26ClNS. The van der Waals surface area contributed by atoms with Gasteiger partial charge in [0.05, 0.1) is 0 Å². The summed E-state index contributed by atoms with van der Waals surface area (Å²) in [5, 5.41) is 4.44. The highest BCUT2D eigenvalue weighted by Crippen LogP contribution is 2.17. The van der Waals surface area contributed by atoms with E-state index in [4.69, 9.17) is 11.6 Å². The molecule has 1 aromatic rings. The predicted octanol–water partition coefficient (Wildman–Crippen LogP) is 4.64. The first-order chi connectivity index (χ1) is 8.90. The molecule has 0 amide bonds. The summed E-state index contributed by atoms with van der Waals surface area (Å²) >= 11 is 7.86. The Balaban J connectivity index is 2.55. The topological polar surface area (TPSA) is 12.0 Å². The Morgan fingerprint density at radius 1 is 1.21 bits per heavy atom. The van der Waals surface area contributed by atoms with E-state index in [0.29, 0.717) is 5.92 Å². The summed E-state index contributed by atoms with van der Waals surface area (Å²) in [6.45, 7) is 7.75. The molecule has 0 fully saturated rings. The molecule has 0 aliphatic heterocycles. The molecule has 1 unspecified atom stereocenters. The van der Waals surface area contributed by atoms with E-state index in [1.54, 1.807) is 0 Å². The number of rotatable bonds is 7. The first kappa shape index (κ1) is 16.9. The van der Waals surface area contributed by atoms with Crippen molar-refractivity contribution in [2.75, 3.05) is 18.6 Å². The SMILES string of the molecule is CSCCC(CNC(C)(C)C)Cc1ccc(Cl)cc1. The molecule has 1 N–H and O–H groups in total. The molecule has 19 heavy (non-hydrogen) atoms. The Labute approximate surface area is 127 Å². The molecule has 0 saturated carbocycles. The van der Waals surface area contributed by atoms with Gasteiger partial charge < -0.3 is 5.32 Å². The zero-order chi connectivity index (χ0) is 14.3. The van der Waals surface area contributed by atoms with Crippen molar-refractivity contribution in [3.8, 4) is 0 Å². The standard InChI is InChI=1S/C16H26ClNS/c1-16(2,3)18-12-14(9-10-19-4)11-13-5-7-15(17)8-6-13/h5-8,14,18H,9-12H2,1-4H3. The van der Waals surface area contributed by atoms with Crippen molar-refractivity contribution >= 4 is 23.4 Å². The van der Waals surface area contributed by atoms with Gasteiger partial charge in [-0.3, -0.25) is 0 Å². The van der Waals surface area contributed by atoms with Crippen LogP contribution in [0, 0.1) is 5.92 Å². The molecule has 0 aromatic heterocycles. The van der Waals surface area contributed by atoms with E-state index in [9.17, 15) is 0 Å². The number of nitrogens with one attached hydrogen (secondary N) is 1. The third-order valence-electron chi connectivity index (χ3n) is 3.09. The van der Waals surface area contributed by atoms with E-state index < -0.39 is 0 Å². The highest BCUT2D eigenvalue weighted by atomic mass is 35.5. The molecule has 0 saturated heterocycles. The van der Waals surface area contributed by atoms with Gasteiger partial charge in [-0.1, -0.05) is 23.7 Å². The van der Waals surface area contributed by atoms with Crippen LogP contribution in [-0.2, 0) is 6.42 Å². The van der Waals surface area contributed by atoms with Crippen molar-refractivity contribution in [2.24, 2.45) is 5.92 Å². The largest absolute Gasteiger partial charge is 0.312 e. The van der Waals surface area contributed by atoms with Crippen molar-refractivity contribution in [1.82, 2.24) is 5.32 Å². The Morgan fingerprint density at radius 2 is 1.84 bits per heavy atom. The van der Waals surface area contributed by atoms with Crippen LogP contribution in [0.5, 0.6) is 0 Å². The molecule has 0 spiro atoms. The molecular weight excluding hydrogens is 274 g/mol. The third kappa shape index (κ3) is 7.86. The highest BCUT2D eigenvalue weighted by Gasteiger charge is 2.14. The van der Waals surface area contributed by atoms with Crippen LogP contribution in [-0.4, -0.2) is 24.1 Å². The minimum atomic E-state index is 0.192. The number of thioether (sulfide) groups is 1. The quantitative estimate of drug-likeness (QED) is 0.787. The Bertz CT molecular complexity index is 356. The van der Waals surface area contributed by atoms with Gasteiger partial charge in [-0.25, -0.2) is 0 Å². The number of halogens is 1. The summed E-state index contributed by atoms with van der Waals surface area (Å²) in [5.41, 5.74) is 1.57. The fourth-order valence-electron chi connectivity index (χ4n) is 1.97. The zero-order valence-electron chi connectivity index (χ0n) is 12.5.